The summed E-state index contributed by atoms with van der Waals surface area (Å²) in [5.41, 5.74) is 3.77. The maximum absolute atomic E-state index is 12.2. The molecule has 0 saturated carbocycles. The van der Waals surface area contributed by atoms with Crippen LogP contribution >= 0.6 is 0 Å². The monoisotopic (exact) mass is 353 g/mol. The number of hydrazone groups is 1. The second kappa shape index (κ2) is 7.69. The Balaban J connectivity index is 1.55. The molecule has 3 rings (SSSR count). The molecule has 0 aromatic heterocycles. The van der Waals surface area contributed by atoms with Crippen LogP contribution in [0, 0.1) is 5.92 Å². The highest BCUT2D eigenvalue weighted by molar-refractivity contribution is 5.90. The summed E-state index contributed by atoms with van der Waals surface area (Å²) < 4.78 is 0. The van der Waals surface area contributed by atoms with Crippen molar-refractivity contribution in [2.45, 2.75) is 13.0 Å². The summed E-state index contributed by atoms with van der Waals surface area (Å²) in [6.07, 6.45) is 1.43. The average molecular weight is 353 g/mol. The third-order valence-corrected chi connectivity index (χ3v) is 4.19. The molecular weight excluding hydrogens is 334 g/mol. The number of nitrogens with zero attached hydrogens (tertiary/aromatic N) is 2. The van der Waals surface area contributed by atoms with Crippen LogP contribution < -0.4 is 5.43 Å². The van der Waals surface area contributed by atoms with Crippen molar-refractivity contribution in [1.29, 1.82) is 0 Å². The minimum absolute atomic E-state index is 0.0610. The van der Waals surface area contributed by atoms with Gasteiger partial charge in [-0.1, -0.05) is 30.3 Å². The standard InChI is InChI=1S/C19H19N3O4/c23-16-7-6-14(17(24)9-16)10-20-21-19(26)15-8-18(25)22(12-15)11-13-4-2-1-3-5-13/h1-7,9-10,15,23-24H,8,11-12H2,(H,21,26)/b20-10+. The van der Waals surface area contributed by atoms with Gasteiger partial charge in [-0.3, -0.25) is 9.59 Å². The maximum Gasteiger partial charge on any atom is 0.245 e. The third kappa shape index (κ3) is 4.18. The van der Waals surface area contributed by atoms with Crippen LogP contribution in [0.1, 0.15) is 17.5 Å². The van der Waals surface area contributed by atoms with Crippen molar-refractivity contribution in [3.05, 3.63) is 59.7 Å². The first-order valence-electron chi connectivity index (χ1n) is 8.19. The average Bonchev–Trinajstić information content (AvgIpc) is 2.98. The lowest BCUT2D eigenvalue weighted by molar-refractivity contribution is -0.129. The highest BCUT2D eigenvalue weighted by Crippen LogP contribution is 2.22. The van der Waals surface area contributed by atoms with E-state index in [1.807, 2.05) is 30.3 Å². The zero-order valence-electron chi connectivity index (χ0n) is 14.0. The summed E-state index contributed by atoms with van der Waals surface area (Å²) in [5.74, 6) is -1.07. The summed E-state index contributed by atoms with van der Waals surface area (Å²) in [5, 5.41) is 22.7. The number of aromatic hydroxyl groups is 2. The molecule has 2 amide bonds. The minimum Gasteiger partial charge on any atom is -0.508 e. The van der Waals surface area contributed by atoms with E-state index >= 15 is 0 Å². The lowest BCUT2D eigenvalue weighted by Crippen LogP contribution is -2.30. The van der Waals surface area contributed by atoms with E-state index in [1.165, 1.54) is 24.4 Å². The molecule has 26 heavy (non-hydrogen) atoms. The fourth-order valence-electron chi connectivity index (χ4n) is 2.80. The lowest BCUT2D eigenvalue weighted by Gasteiger charge is -2.16. The summed E-state index contributed by atoms with van der Waals surface area (Å²) >= 11 is 0. The highest BCUT2D eigenvalue weighted by Gasteiger charge is 2.34. The molecule has 0 spiro atoms. The van der Waals surface area contributed by atoms with E-state index in [1.54, 1.807) is 4.90 Å². The van der Waals surface area contributed by atoms with E-state index in [4.69, 9.17) is 0 Å². The summed E-state index contributed by atoms with van der Waals surface area (Å²) in [6, 6.07) is 13.7. The maximum atomic E-state index is 12.2. The van der Waals surface area contributed by atoms with E-state index in [9.17, 15) is 19.8 Å². The number of likely N-dealkylation sites (tertiary alicyclic amines) is 1. The first-order chi connectivity index (χ1) is 12.5. The van der Waals surface area contributed by atoms with Crippen LogP contribution in [0.3, 0.4) is 0 Å². The predicted octanol–water partition coefficient (Wildman–Crippen LogP) is 1.60. The molecule has 1 unspecified atom stereocenters. The fraction of sp³-hybridized carbons (Fsp3) is 0.211. The van der Waals surface area contributed by atoms with Crippen LogP contribution in [0.25, 0.3) is 0 Å². The molecule has 0 aliphatic carbocycles. The largest absolute Gasteiger partial charge is 0.508 e. The zero-order valence-corrected chi connectivity index (χ0v) is 14.0. The number of carbonyl (C=O) groups is 2. The molecule has 1 saturated heterocycles. The summed E-state index contributed by atoms with van der Waals surface area (Å²) in [6.45, 7) is 0.827. The van der Waals surface area contributed by atoms with Crippen molar-refractivity contribution in [3.63, 3.8) is 0 Å². The third-order valence-electron chi connectivity index (χ3n) is 4.19. The molecule has 0 bridgehead atoms. The van der Waals surface area contributed by atoms with E-state index < -0.39 is 5.92 Å². The molecule has 1 aliphatic rings. The van der Waals surface area contributed by atoms with Crippen LogP contribution in [0.2, 0.25) is 0 Å². The number of rotatable bonds is 5. The van der Waals surface area contributed by atoms with Crippen LogP contribution in [0.5, 0.6) is 11.5 Å². The molecule has 3 N–H and O–H groups in total. The molecule has 0 radical (unpaired) electrons. The Morgan fingerprint density at radius 3 is 2.73 bits per heavy atom. The Labute approximate surface area is 150 Å². The van der Waals surface area contributed by atoms with Crippen molar-refractivity contribution < 1.29 is 19.8 Å². The second-order valence-electron chi connectivity index (χ2n) is 6.14. The quantitative estimate of drug-likeness (QED) is 0.561. The van der Waals surface area contributed by atoms with Crippen LogP contribution in [0.4, 0.5) is 0 Å². The van der Waals surface area contributed by atoms with Gasteiger partial charge in [0.1, 0.15) is 11.5 Å². The van der Waals surface area contributed by atoms with Gasteiger partial charge in [0.2, 0.25) is 11.8 Å². The molecule has 7 nitrogen and oxygen atoms in total. The lowest BCUT2D eigenvalue weighted by atomic mass is 10.1. The molecule has 1 aliphatic heterocycles. The van der Waals surface area contributed by atoms with Gasteiger partial charge >= 0.3 is 0 Å². The highest BCUT2D eigenvalue weighted by atomic mass is 16.3. The number of carbonyl (C=O) groups excluding carboxylic acids is 2. The first-order valence-corrected chi connectivity index (χ1v) is 8.19. The Morgan fingerprint density at radius 1 is 1.23 bits per heavy atom. The minimum atomic E-state index is -0.461. The molecule has 2 aromatic rings. The molecule has 134 valence electrons. The summed E-state index contributed by atoms with van der Waals surface area (Å²) in [7, 11) is 0. The van der Waals surface area contributed by atoms with Crippen molar-refractivity contribution >= 4 is 18.0 Å². The number of amides is 2. The number of hydrogen-bond donors (Lipinski definition) is 3. The van der Waals surface area contributed by atoms with Gasteiger partial charge in [0.05, 0.1) is 12.1 Å². The van der Waals surface area contributed by atoms with Gasteiger partial charge in [0.15, 0.2) is 0 Å². The van der Waals surface area contributed by atoms with Gasteiger partial charge in [-0.25, -0.2) is 5.43 Å². The van der Waals surface area contributed by atoms with Crippen LogP contribution in [-0.2, 0) is 16.1 Å². The van der Waals surface area contributed by atoms with Crippen LogP contribution in [0.15, 0.2) is 53.6 Å². The van der Waals surface area contributed by atoms with Crippen molar-refractivity contribution in [2.75, 3.05) is 6.54 Å². The topological polar surface area (TPSA) is 102 Å². The molecule has 7 heteroatoms. The Bertz CT molecular complexity index is 836. The van der Waals surface area contributed by atoms with Gasteiger partial charge in [-0.05, 0) is 17.7 Å². The number of phenolic OH excluding ortho intramolecular Hbond substituents is 2. The number of hydrogen-bond acceptors (Lipinski definition) is 5. The van der Waals surface area contributed by atoms with E-state index in [0.29, 0.717) is 18.7 Å². The van der Waals surface area contributed by atoms with Crippen molar-refractivity contribution in [1.82, 2.24) is 10.3 Å². The van der Waals surface area contributed by atoms with Gasteiger partial charge in [0, 0.05) is 31.1 Å². The van der Waals surface area contributed by atoms with Gasteiger partial charge < -0.3 is 15.1 Å². The molecule has 1 fully saturated rings. The molecule has 2 aromatic carbocycles. The van der Waals surface area contributed by atoms with E-state index in [2.05, 4.69) is 10.5 Å². The van der Waals surface area contributed by atoms with E-state index in [0.717, 1.165) is 5.56 Å². The number of phenols is 2. The molecule has 1 heterocycles. The predicted molar refractivity (Wildman–Crippen MR) is 95.5 cm³/mol. The van der Waals surface area contributed by atoms with Gasteiger partial charge in [-0.2, -0.15) is 5.10 Å². The Hall–Kier alpha value is -3.35. The normalized spacial score (nSPS) is 17.0. The fourth-order valence-corrected chi connectivity index (χ4v) is 2.80. The van der Waals surface area contributed by atoms with Gasteiger partial charge in [0.25, 0.3) is 0 Å². The van der Waals surface area contributed by atoms with Gasteiger partial charge in [-0.15, -0.1) is 0 Å². The number of nitrogens with one attached hydrogen (secondary N) is 1. The van der Waals surface area contributed by atoms with Crippen LogP contribution in [-0.4, -0.2) is 39.7 Å². The zero-order chi connectivity index (χ0) is 18.5. The summed E-state index contributed by atoms with van der Waals surface area (Å²) in [4.78, 5) is 26.0. The first kappa shape index (κ1) is 17.5. The second-order valence-corrected chi connectivity index (χ2v) is 6.14. The number of benzene rings is 2. The Kier molecular flexibility index (Phi) is 5.17. The van der Waals surface area contributed by atoms with Crippen molar-refractivity contribution in [2.24, 2.45) is 11.0 Å². The Morgan fingerprint density at radius 2 is 2.00 bits per heavy atom. The van der Waals surface area contributed by atoms with Crippen molar-refractivity contribution in [3.8, 4) is 11.5 Å². The SMILES string of the molecule is O=C(N/N=C/c1ccc(O)cc1O)C1CC(=O)N(Cc2ccccc2)C1. The van der Waals surface area contributed by atoms with E-state index in [-0.39, 0.29) is 29.7 Å². The molecular formula is C19H19N3O4. The smallest absolute Gasteiger partial charge is 0.245 e. The molecule has 1 atom stereocenters.